The van der Waals surface area contributed by atoms with Crippen molar-refractivity contribution in [2.24, 2.45) is 0 Å². The first-order valence-corrected chi connectivity index (χ1v) is 7.89. The predicted molar refractivity (Wildman–Crippen MR) is 78.1 cm³/mol. The van der Waals surface area contributed by atoms with Gasteiger partial charge in [-0.05, 0) is 36.8 Å². The van der Waals surface area contributed by atoms with Crippen molar-refractivity contribution >= 4 is 0 Å². The molecule has 0 saturated heterocycles. The molecule has 1 fully saturated rings. The molecule has 1 N–H and O–H groups in total. The van der Waals surface area contributed by atoms with E-state index in [9.17, 15) is 5.11 Å². The van der Waals surface area contributed by atoms with Crippen molar-refractivity contribution in [3.8, 4) is 0 Å². The summed E-state index contributed by atoms with van der Waals surface area (Å²) in [7, 11) is 0. The minimum atomic E-state index is -0.326. The number of rotatable bonds is 2. The number of hydrogen-bond acceptors (Lipinski definition) is 4. The van der Waals surface area contributed by atoms with E-state index in [4.69, 9.17) is 4.52 Å². The summed E-state index contributed by atoms with van der Waals surface area (Å²) in [5.74, 6) is 1.79. The molecule has 0 radical (unpaired) electrons. The first-order valence-electron chi connectivity index (χ1n) is 7.89. The summed E-state index contributed by atoms with van der Waals surface area (Å²) in [5.41, 5.74) is 2.79. The summed E-state index contributed by atoms with van der Waals surface area (Å²) in [6, 6.07) is 8.53. The molecule has 4 rings (SSSR count). The highest BCUT2D eigenvalue weighted by Crippen LogP contribution is 2.35. The molecule has 1 aromatic heterocycles. The van der Waals surface area contributed by atoms with Crippen molar-refractivity contribution in [3.05, 3.63) is 47.1 Å². The van der Waals surface area contributed by atoms with Crippen LogP contribution < -0.4 is 0 Å². The van der Waals surface area contributed by atoms with Gasteiger partial charge in [0.05, 0.1) is 12.0 Å². The number of hydrogen-bond donors (Lipinski definition) is 1. The molecule has 1 heterocycles. The first-order chi connectivity index (χ1) is 10.3. The standard InChI is InChI=1S/C17H20N2O2/c20-15-8-4-3-7-14(15)17-18-16(19-21-17)13-9-11-5-1-2-6-12(11)10-13/h1-2,5-6,13-15,20H,3-4,7-10H2. The van der Waals surface area contributed by atoms with Crippen LogP contribution in [0, 0.1) is 0 Å². The van der Waals surface area contributed by atoms with Crippen molar-refractivity contribution in [2.45, 2.75) is 56.5 Å². The quantitative estimate of drug-likeness (QED) is 0.921. The van der Waals surface area contributed by atoms with E-state index in [2.05, 4.69) is 34.4 Å². The zero-order valence-electron chi connectivity index (χ0n) is 12.0. The summed E-state index contributed by atoms with van der Waals surface area (Å²) >= 11 is 0. The summed E-state index contributed by atoms with van der Waals surface area (Å²) in [5, 5.41) is 14.3. The number of aliphatic hydroxyl groups is 1. The average molecular weight is 284 g/mol. The van der Waals surface area contributed by atoms with Gasteiger partial charge in [0, 0.05) is 5.92 Å². The number of fused-ring (bicyclic) bond motifs is 1. The van der Waals surface area contributed by atoms with Crippen LogP contribution in [0.25, 0.3) is 0 Å². The second-order valence-corrected chi connectivity index (χ2v) is 6.32. The van der Waals surface area contributed by atoms with Crippen LogP contribution in [-0.4, -0.2) is 21.4 Å². The molecule has 110 valence electrons. The van der Waals surface area contributed by atoms with Crippen LogP contribution >= 0.6 is 0 Å². The number of aromatic nitrogens is 2. The molecular formula is C17H20N2O2. The molecule has 1 aromatic carbocycles. The summed E-state index contributed by atoms with van der Waals surface area (Å²) < 4.78 is 5.46. The van der Waals surface area contributed by atoms with Gasteiger partial charge in [-0.1, -0.05) is 42.3 Å². The van der Waals surface area contributed by atoms with Crippen LogP contribution in [-0.2, 0) is 12.8 Å². The molecular weight excluding hydrogens is 264 g/mol. The SMILES string of the molecule is OC1CCCCC1c1nc(C2Cc3ccccc3C2)no1. The van der Waals surface area contributed by atoms with E-state index in [0.717, 1.165) is 44.3 Å². The van der Waals surface area contributed by atoms with E-state index in [0.29, 0.717) is 11.8 Å². The monoisotopic (exact) mass is 284 g/mol. The predicted octanol–water partition coefficient (Wildman–Crippen LogP) is 2.97. The van der Waals surface area contributed by atoms with Crippen molar-refractivity contribution in [1.82, 2.24) is 10.1 Å². The van der Waals surface area contributed by atoms with Gasteiger partial charge in [-0.2, -0.15) is 4.98 Å². The van der Waals surface area contributed by atoms with Crippen LogP contribution in [0.4, 0.5) is 0 Å². The minimum Gasteiger partial charge on any atom is -0.392 e. The first kappa shape index (κ1) is 13.0. The Labute approximate surface area is 124 Å². The Morgan fingerprint density at radius 1 is 1.05 bits per heavy atom. The van der Waals surface area contributed by atoms with Gasteiger partial charge in [0.15, 0.2) is 5.82 Å². The number of nitrogens with zero attached hydrogens (tertiary/aromatic N) is 2. The molecule has 0 aliphatic heterocycles. The maximum Gasteiger partial charge on any atom is 0.232 e. The molecule has 2 unspecified atom stereocenters. The fourth-order valence-electron chi connectivity index (χ4n) is 3.70. The smallest absolute Gasteiger partial charge is 0.232 e. The van der Waals surface area contributed by atoms with Gasteiger partial charge in [0.25, 0.3) is 0 Å². The molecule has 2 aromatic rings. The van der Waals surface area contributed by atoms with Crippen molar-refractivity contribution in [3.63, 3.8) is 0 Å². The molecule has 0 amide bonds. The van der Waals surface area contributed by atoms with Crippen LogP contribution in [0.2, 0.25) is 0 Å². The summed E-state index contributed by atoms with van der Waals surface area (Å²) in [6.45, 7) is 0. The Bertz CT molecular complexity index is 612. The van der Waals surface area contributed by atoms with Crippen LogP contribution in [0.1, 0.15) is 60.4 Å². The highest BCUT2D eigenvalue weighted by Gasteiger charge is 2.32. The average Bonchev–Trinajstić information content (AvgIpc) is 3.14. The Morgan fingerprint density at radius 3 is 2.48 bits per heavy atom. The van der Waals surface area contributed by atoms with Gasteiger partial charge < -0.3 is 9.63 Å². The third-order valence-electron chi connectivity index (χ3n) is 4.92. The zero-order valence-corrected chi connectivity index (χ0v) is 12.0. The van der Waals surface area contributed by atoms with Gasteiger partial charge in [0.1, 0.15) is 0 Å². The fraction of sp³-hybridized carbons (Fsp3) is 0.529. The van der Waals surface area contributed by atoms with E-state index in [1.165, 1.54) is 11.1 Å². The lowest BCUT2D eigenvalue weighted by Crippen LogP contribution is -2.22. The minimum absolute atomic E-state index is 0.0313. The topological polar surface area (TPSA) is 59.2 Å². The van der Waals surface area contributed by atoms with Gasteiger partial charge in [-0.25, -0.2) is 0 Å². The maximum atomic E-state index is 10.1. The van der Waals surface area contributed by atoms with Gasteiger partial charge >= 0.3 is 0 Å². The molecule has 2 aliphatic rings. The normalized spacial score (nSPS) is 26.0. The maximum absolute atomic E-state index is 10.1. The third-order valence-corrected chi connectivity index (χ3v) is 4.92. The lowest BCUT2D eigenvalue weighted by atomic mass is 9.86. The Morgan fingerprint density at radius 2 is 1.76 bits per heavy atom. The van der Waals surface area contributed by atoms with E-state index in [1.807, 2.05) is 0 Å². The molecule has 21 heavy (non-hydrogen) atoms. The van der Waals surface area contributed by atoms with Gasteiger partial charge in [-0.3, -0.25) is 0 Å². The molecule has 1 saturated carbocycles. The number of benzene rings is 1. The van der Waals surface area contributed by atoms with Crippen molar-refractivity contribution < 1.29 is 9.63 Å². The fourth-order valence-corrected chi connectivity index (χ4v) is 3.70. The lowest BCUT2D eigenvalue weighted by molar-refractivity contribution is 0.0908. The lowest BCUT2D eigenvalue weighted by Gasteiger charge is -2.24. The molecule has 0 spiro atoms. The molecule has 4 heteroatoms. The van der Waals surface area contributed by atoms with Gasteiger partial charge in [0.2, 0.25) is 5.89 Å². The molecule has 0 bridgehead atoms. The Hall–Kier alpha value is -1.68. The van der Waals surface area contributed by atoms with E-state index in [1.54, 1.807) is 0 Å². The number of aliphatic hydroxyl groups excluding tert-OH is 1. The Balaban J connectivity index is 1.53. The second-order valence-electron chi connectivity index (χ2n) is 6.32. The van der Waals surface area contributed by atoms with Crippen LogP contribution in [0.15, 0.2) is 28.8 Å². The molecule has 2 aliphatic carbocycles. The van der Waals surface area contributed by atoms with E-state index in [-0.39, 0.29) is 12.0 Å². The van der Waals surface area contributed by atoms with Crippen molar-refractivity contribution in [2.75, 3.05) is 0 Å². The van der Waals surface area contributed by atoms with E-state index < -0.39 is 0 Å². The Kier molecular flexibility index (Phi) is 3.26. The van der Waals surface area contributed by atoms with Crippen LogP contribution in [0.3, 0.4) is 0 Å². The summed E-state index contributed by atoms with van der Waals surface area (Å²) in [4.78, 5) is 4.61. The highest BCUT2D eigenvalue weighted by atomic mass is 16.5. The zero-order chi connectivity index (χ0) is 14.2. The highest BCUT2D eigenvalue weighted by molar-refractivity contribution is 5.34. The van der Waals surface area contributed by atoms with Gasteiger partial charge in [-0.15, -0.1) is 0 Å². The largest absolute Gasteiger partial charge is 0.392 e. The van der Waals surface area contributed by atoms with Crippen molar-refractivity contribution in [1.29, 1.82) is 0 Å². The van der Waals surface area contributed by atoms with E-state index >= 15 is 0 Å². The third kappa shape index (κ3) is 2.38. The second kappa shape index (κ2) is 5.26. The summed E-state index contributed by atoms with van der Waals surface area (Å²) in [6.07, 6.45) is 5.67. The van der Waals surface area contributed by atoms with Crippen LogP contribution in [0.5, 0.6) is 0 Å². The molecule has 2 atom stereocenters. The molecule has 4 nitrogen and oxygen atoms in total.